The van der Waals surface area contributed by atoms with Crippen LogP contribution in [-0.2, 0) is 4.74 Å². The molecule has 1 amide bonds. The number of hydrogen-bond donors (Lipinski definition) is 1. The van der Waals surface area contributed by atoms with Gasteiger partial charge in [-0.3, -0.25) is 4.79 Å². The van der Waals surface area contributed by atoms with Gasteiger partial charge in [-0.25, -0.2) is 9.78 Å². The van der Waals surface area contributed by atoms with Gasteiger partial charge >= 0.3 is 6.16 Å². The SMILES string of the molecule is CCOC(=O)Oc1ccc(NC(=O)c2sc3ccc(OC)cc3c2OC(C)C)nc1. The summed E-state index contributed by atoms with van der Waals surface area (Å²) in [6.07, 6.45) is 0.402. The molecule has 8 nitrogen and oxygen atoms in total. The van der Waals surface area contributed by atoms with Crippen molar-refractivity contribution in [2.45, 2.75) is 26.9 Å². The summed E-state index contributed by atoms with van der Waals surface area (Å²) in [4.78, 5) is 28.8. The first kappa shape index (κ1) is 21.4. The fourth-order valence-corrected chi connectivity index (χ4v) is 3.63. The van der Waals surface area contributed by atoms with Crippen LogP contribution >= 0.6 is 11.3 Å². The average molecular weight is 430 g/mol. The van der Waals surface area contributed by atoms with E-state index in [1.54, 1.807) is 14.0 Å². The van der Waals surface area contributed by atoms with Gasteiger partial charge in [-0.15, -0.1) is 11.3 Å². The van der Waals surface area contributed by atoms with Crippen LogP contribution in [0.4, 0.5) is 10.6 Å². The Kier molecular flexibility index (Phi) is 6.73. The number of nitrogens with one attached hydrogen (secondary N) is 1. The number of thiophene rings is 1. The van der Waals surface area contributed by atoms with E-state index >= 15 is 0 Å². The number of benzene rings is 1. The van der Waals surface area contributed by atoms with Gasteiger partial charge in [0.15, 0.2) is 11.5 Å². The number of methoxy groups -OCH3 is 1. The molecule has 0 aliphatic rings. The number of pyridine rings is 1. The molecule has 0 unspecified atom stereocenters. The Morgan fingerprint density at radius 2 is 1.93 bits per heavy atom. The fraction of sp³-hybridized carbons (Fsp3) is 0.286. The van der Waals surface area contributed by atoms with Crippen LogP contribution in [0.5, 0.6) is 17.2 Å². The minimum Gasteiger partial charge on any atom is -0.497 e. The van der Waals surface area contributed by atoms with Crippen molar-refractivity contribution in [2.75, 3.05) is 19.0 Å². The van der Waals surface area contributed by atoms with Crippen LogP contribution in [0.15, 0.2) is 36.5 Å². The third-order valence-corrected chi connectivity index (χ3v) is 5.00. The van der Waals surface area contributed by atoms with Crippen molar-refractivity contribution >= 4 is 39.3 Å². The summed E-state index contributed by atoms with van der Waals surface area (Å²) in [5.74, 6) is 1.35. The lowest BCUT2D eigenvalue weighted by Gasteiger charge is -2.12. The summed E-state index contributed by atoms with van der Waals surface area (Å²) in [5.41, 5.74) is 0. The zero-order valence-electron chi connectivity index (χ0n) is 17.1. The quantitative estimate of drug-likeness (QED) is 0.534. The second kappa shape index (κ2) is 9.45. The van der Waals surface area contributed by atoms with Gasteiger partial charge in [-0.05, 0) is 51.1 Å². The zero-order valence-corrected chi connectivity index (χ0v) is 17.9. The van der Waals surface area contributed by atoms with E-state index in [0.29, 0.717) is 22.2 Å². The molecule has 1 N–H and O–H groups in total. The molecule has 30 heavy (non-hydrogen) atoms. The van der Waals surface area contributed by atoms with Gasteiger partial charge in [0.05, 0.1) is 26.0 Å². The summed E-state index contributed by atoms with van der Waals surface area (Å²) in [6.45, 7) is 5.69. The normalized spacial score (nSPS) is 10.7. The highest BCUT2D eigenvalue weighted by Crippen LogP contribution is 2.40. The molecule has 0 aliphatic carbocycles. The second-order valence-corrected chi connectivity index (χ2v) is 7.46. The van der Waals surface area contributed by atoms with E-state index in [9.17, 15) is 9.59 Å². The minimum absolute atomic E-state index is 0.113. The van der Waals surface area contributed by atoms with E-state index in [-0.39, 0.29) is 24.4 Å². The van der Waals surface area contributed by atoms with E-state index in [2.05, 4.69) is 10.3 Å². The van der Waals surface area contributed by atoms with Crippen LogP contribution < -0.4 is 19.5 Å². The highest BCUT2D eigenvalue weighted by atomic mass is 32.1. The molecule has 0 saturated heterocycles. The first-order valence-corrected chi connectivity index (χ1v) is 10.1. The molecule has 0 spiro atoms. The van der Waals surface area contributed by atoms with Gasteiger partial charge in [0.1, 0.15) is 16.4 Å². The molecular formula is C21H22N2O6S. The molecule has 0 fully saturated rings. The monoisotopic (exact) mass is 430 g/mol. The lowest BCUT2D eigenvalue weighted by molar-refractivity contribution is 0.101. The zero-order chi connectivity index (χ0) is 21.7. The molecule has 9 heteroatoms. The largest absolute Gasteiger partial charge is 0.513 e. The van der Waals surface area contributed by atoms with Gasteiger partial charge < -0.3 is 24.3 Å². The number of anilines is 1. The molecule has 0 saturated carbocycles. The number of amides is 1. The lowest BCUT2D eigenvalue weighted by Crippen LogP contribution is -2.15. The minimum atomic E-state index is -0.813. The maximum atomic E-state index is 12.9. The van der Waals surface area contributed by atoms with Crippen molar-refractivity contribution in [3.8, 4) is 17.2 Å². The average Bonchev–Trinajstić information content (AvgIpc) is 3.06. The maximum Gasteiger partial charge on any atom is 0.513 e. The van der Waals surface area contributed by atoms with Crippen molar-refractivity contribution in [1.82, 2.24) is 4.98 Å². The smallest absolute Gasteiger partial charge is 0.497 e. The summed E-state index contributed by atoms with van der Waals surface area (Å²) in [6, 6.07) is 8.62. The van der Waals surface area contributed by atoms with E-state index in [4.69, 9.17) is 18.9 Å². The summed E-state index contributed by atoms with van der Waals surface area (Å²) < 4.78 is 21.8. The number of ether oxygens (including phenoxy) is 4. The predicted molar refractivity (Wildman–Crippen MR) is 114 cm³/mol. The highest BCUT2D eigenvalue weighted by Gasteiger charge is 2.22. The van der Waals surface area contributed by atoms with Crippen LogP contribution in [-0.4, -0.2) is 36.9 Å². The summed E-state index contributed by atoms with van der Waals surface area (Å²) in [7, 11) is 1.59. The predicted octanol–water partition coefficient (Wildman–Crippen LogP) is 4.88. The lowest BCUT2D eigenvalue weighted by atomic mass is 10.2. The van der Waals surface area contributed by atoms with Crippen molar-refractivity contribution in [3.05, 3.63) is 41.4 Å². The molecule has 2 aromatic heterocycles. The molecule has 158 valence electrons. The number of carbonyl (C=O) groups excluding carboxylic acids is 2. The molecule has 0 atom stereocenters. The van der Waals surface area contributed by atoms with Gasteiger partial charge in [0, 0.05) is 10.1 Å². The third kappa shape index (κ3) is 4.98. The Morgan fingerprint density at radius 1 is 1.17 bits per heavy atom. The second-order valence-electron chi connectivity index (χ2n) is 6.41. The molecular weight excluding hydrogens is 408 g/mol. The van der Waals surface area contributed by atoms with E-state index in [1.165, 1.54) is 29.7 Å². The number of aromatic nitrogens is 1. The molecule has 0 bridgehead atoms. The number of hydrogen-bond acceptors (Lipinski definition) is 8. The third-order valence-electron chi connectivity index (χ3n) is 3.85. The first-order valence-electron chi connectivity index (χ1n) is 9.30. The van der Waals surface area contributed by atoms with Gasteiger partial charge in [0.25, 0.3) is 5.91 Å². The highest BCUT2D eigenvalue weighted by molar-refractivity contribution is 7.21. The van der Waals surface area contributed by atoms with Gasteiger partial charge in [-0.2, -0.15) is 0 Å². The molecule has 0 aliphatic heterocycles. The topological polar surface area (TPSA) is 96.0 Å². The van der Waals surface area contributed by atoms with Crippen LogP contribution in [0.3, 0.4) is 0 Å². The van der Waals surface area contributed by atoms with Crippen LogP contribution in [0.25, 0.3) is 10.1 Å². The van der Waals surface area contributed by atoms with Crippen molar-refractivity contribution in [2.24, 2.45) is 0 Å². The maximum absolute atomic E-state index is 12.9. The molecule has 3 aromatic rings. The Morgan fingerprint density at radius 3 is 2.57 bits per heavy atom. The summed E-state index contributed by atoms with van der Waals surface area (Å²) in [5, 5.41) is 3.55. The first-order chi connectivity index (χ1) is 14.4. The van der Waals surface area contributed by atoms with E-state index in [0.717, 1.165) is 10.1 Å². The van der Waals surface area contributed by atoms with Crippen molar-refractivity contribution in [3.63, 3.8) is 0 Å². The van der Waals surface area contributed by atoms with Gasteiger partial charge in [-0.1, -0.05) is 0 Å². The standard InChI is InChI=1S/C21H22N2O6S/c1-5-27-21(25)29-14-7-9-17(22-11-14)23-20(24)19-18(28-12(2)3)15-10-13(26-4)6-8-16(15)30-19/h6-12H,5H2,1-4H3,(H,22,23,24). The summed E-state index contributed by atoms with van der Waals surface area (Å²) >= 11 is 1.32. The Hall–Kier alpha value is -3.33. The Labute approximate surface area is 177 Å². The molecule has 0 radical (unpaired) electrons. The van der Waals surface area contributed by atoms with Crippen molar-refractivity contribution in [1.29, 1.82) is 0 Å². The number of nitrogens with zero attached hydrogens (tertiary/aromatic N) is 1. The molecule has 1 aromatic carbocycles. The van der Waals surface area contributed by atoms with Crippen LogP contribution in [0, 0.1) is 0 Å². The van der Waals surface area contributed by atoms with Crippen LogP contribution in [0.2, 0.25) is 0 Å². The molecule has 2 heterocycles. The Balaban J connectivity index is 1.83. The van der Waals surface area contributed by atoms with Crippen LogP contribution in [0.1, 0.15) is 30.4 Å². The fourth-order valence-electron chi connectivity index (χ4n) is 2.61. The van der Waals surface area contributed by atoms with E-state index < -0.39 is 6.16 Å². The van der Waals surface area contributed by atoms with Crippen molar-refractivity contribution < 1.29 is 28.5 Å². The number of fused-ring (bicyclic) bond motifs is 1. The molecule has 3 rings (SSSR count). The Bertz CT molecular complexity index is 1050. The van der Waals surface area contributed by atoms with E-state index in [1.807, 2.05) is 32.0 Å². The van der Waals surface area contributed by atoms with Gasteiger partial charge in [0.2, 0.25) is 0 Å². The number of carbonyl (C=O) groups is 2. The number of rotatable bonds is 7.